The summed E-state index contributed by atoms with van der Waals surface area (Å²) in [7, 11) is 0. The van der Waals surface area contributed by atoms with Crippen LogP contribution in [0.25, 0.3) is 0 Å². The van der Waals surface area contributed by atoms with Gasteiger partial charge in [-0.25, -0.2) is 0 Å². The van der Waals surface area contributed by atoms with Crippen LogP contribution >= 0.6 is 24.8 Å². The van der Waals surface area contributed by atoms with Crippen molar-refractivity contribution in [3.05, 3.63) is 116 Å². The van der Waals surface area contributed by atoms with Gasteiger partial charge in [-0.3, -0.25) is 0 Å². The summed E-state index contributed by atoms with van der Waals surface area (Å²) in [6.45, 7) is 9.58. The average molecular weight is 572 g/mol. The van der Waals surface area contributed by atoms with Crippen molar-refractivity contribution in [2.45, 2.75) is 59.8 Å². The maximum Gasteiger partial charge on any atom is -0.147 e. The molecule has 0 fully saturated rings. The minimum atomic E-state index is -1.08. The third-order valence-corrected chi connectivity index (χ3v) is 11.7. The summed E-state index contributed by atoms with van der Waals surface area (Å²) in [5.41, 5.74) is 9.74. The van der Waals surface area contributed by atoms with E-state index < -0.39 is 22.8 Å². The number of rotatable bonds is 8. The normalized spacial score (nSPS) is 18.9. The Kier molecular flexibility index (Phi) is 11.2. The first-order valence-corrected chi connectivity index (χ1v) is 14.7. The fraction of sp³-hybridized carbons (Fsp3) is 0.323. The van der Waals surface area contributed by atoms with Crippen molar-refractivity contribution in [1.29, 1.82) is 0 Å². The van der Waals surface area contributed by atoms with Crippen molar-refractivity contribution < 1.29 is 22.8 Å². The number of benzene rings is 2. The molecule has 1 atom stereocenters. The van der Waals surface area contributed by atoms with E-state index in [1.165, 1.54) is 17.5 Å². The maximum absolute atomic E-state index is 2.44. The Morgan fingerprint density at radius 3 is 1.74 bits per heavy atom. The van der Waals surface area contributed by atoms with Gasteiger partial charge in [-0.15, -0.1) is 24.8 Å². The SMILES string of the molecule is CCC1=C(CC)C(CC)(C2=CC=CC2)[C]([Zr]=[C](c2ccccc2)c2ccccc2)=C1CC.Cl.Cl. The van der Waals surface area contributed by atoms with Crippen LogP contribution in [0.2, 0.25) is 0 Å². The van der Waals surface area contributed by atoms with E-state index in [-0.39, 0.29) is 30.2 Å². The molecule has 0 amide bonds. The van der Waals surface area contributed by atoms with E-state index in [4.69, 9.17) is 0 Å². The summed E-state index contributed by atoms with van der Waals surface area (Å²) in [4.78, 5) is 0. The molecule has 2 aliphatic rings. The van der Waals surface area contributed by atoms with E-state index in [1.54, 1.807) is 25.5 Å². The monoisotopic (exact) mass is 569 g/mol. The van der Waals surface area contributed by atoms with Crippen molar-refractivity contribution in [2.24, 2.45) is 5.41 Å². The van der Waals surface area contributed by atoms with E-state index in [0.29, 0.717) is 0 Å². The smallest absolute Gasteiger partial charge is 0.147 e. The largest absolute Gasteiger partial charge is 0.147 e. The van der Waals surface area contributed by atoms with E-state index in [2.05, 4.69) is 107 Å². The maximum atomic E-state index is 2.44. The second-order valence-corrected chi connectivity index (χ2v) is 11.8. The van der Waals surface area contributed by atoms with Crippen molar-refractivity contribution in [3.63, 3.8) is 0 Å². The molecule has 3 heteroatoms. The first kappa shape index (κ1) is 29.0. The molecule has 2 aromatic carbocycles. The second kappa shape index (κ2) is 13.2. The summed E-state index contributed by atoms with van der Waals surface area (Å²) in [5.74, 6) is 0. The second-order valence-electron chi connectivity index (χ2n) is 8.69. The van der Waals surface area contributed by atoms with Crippen LogP contribution < -0.4 is 0 Å². The van der Waals surface area contributed by atoms with Crippen LogP contribution in [0.5, 0.6) is 0 Å². The molecule has 34 heavy (non-hydrogen) atoms. The van der Waals surface area contributed by atoms with E-state index in [0.717, 1.165) is 25.7 Å². The van der Waals surface area contributed by atoms with Gasteiger partial charge in [0.05, 0.1) is 0 Å². The number of allylic oxidation sites excluding steroid dienone is 8. The van der Waals surface area contributed by atoms with Crippen LogP contribution in [0.4, 0.5) is 0 Å². The van der Waals surface area contributed by atoms with Gasteiger partial charge in [0.2, 0.25) is 0 Å². The molecule has 4 rings (SSSR count). The molecule has 0 aliphatic heterocycles. The first-order chi connectivity index (χ1) is 15.7. The van der Waals surface area contributed by atoms with Gasteiger partial charge in [0.15, 0.2) is 0 Å². The standard InChI is InChI=1S/C18H25.C13H10.2ClH.Zr/c1-5-14-13-18(8-4,15-11-9-10-12-15)17(7-3)16(14)6-2;1-3-7-12(8-4-1)11-13-9-5-2-6-10-13;;;/h9-11H,5-8,12H2,1-4H3;1-10H;2*1H;. The fourth-order valence-electron chi connectivity index (χ4n) is 5.89. The molecule has 0 N–H and O–H groups in total. The minimum Gasteiger partial charge on any atom is -0.147 e. The average Bonchev–Trinajstić information content (AvgIpc) is 3.48. The summed E-state index contributed by atoms with van der Waals surface area (Å²) >= 11 is -1.08. The minimum absolute atomic E-state index is 0. The quantitative estimate of drug-likeness (QED) is 0.296. The summed E-state index contributed by atoms with van der Waals surface area (Å²) in [6.07, 6.45) is 12.9. The van der Waals surface area contributed by atoms with Gasteiger partial charge in [0.25, 0.3) is 0 Å². The molecule has 0 saturated heterocycles. The fourth-order valence-corrected chi connectivity index (χ4v) is 10.9. The molecule has 2 aromatic rings. The van der Waals surface area contributed by atoms with Crippen LogP contribution in [0.3, 0.4) is 0 Å². The third-order valence-electron chi connectivity index (χ3n) is 7.26. The zero-order valence-electron chi connectivity index (χ0n) is 20.9. The van der Waals surface area contributed by atoms with Crippen LogP contribution in [-0.4, -0.2) is 3.21 Å². The molecular formula is C31H37Cl2Zr. The van der Waals surface area contributed by atoms with Gasteiger partial charge >= 0.3 is 207 Å². The Morgan fingerprint density at radius 2 is 1.32 bits per heavy atom. The topological polar surface area (TPSA) is 0 Å². The van der Waals surface area contributed by atoms with Crippen LogP contribution in [0, 0.1) is 5.41 Å². The molecule has 0 aromatic heterocycles. The molecule has 0 radical (unpaired) electrons. The summed E-state index contributed by atoms with van der Waals surface area (Å²) in [6, 6.07) is 22.4. The number of hydrogen-bond donors (Lipinski definition) is 0. The van der Waals surface area contributed by atoms with Crippen molar-refractivity contribution in [2.75, 3.05) is 0 Å². The molecule has 1 unspecified atom stereocenters. The molecule has 0 saturated carbocycles. The molecule has 179 valence electrons. The molecule has 0 bridgehead atoms. The molecule has 0 nitrogen and oxygen atoms in total. The predicted molar refractivity (Wildman–Crippen MR) is 150 cm³/mol. The molecule has 2 aliphatic carbocycles. The van der Waals surface area contributed by atoms with Crippen molar-refractivity contribution >= 4 is 28.0 Å². The molecule has 0 heterocycles. The Balaban J connectivity index is 0.00000204. The van der Waals surface area contributed by atoms with Crippen molar-refractivity contribution in [3.8, 4) is 0 Å². The summed E-state index contributed by atoms with van der Waals surface area (Å²) in [5, 5.41) is 0. The van der Waals surface area contributed by atoms with Crippen molar-refractivity contribution in [1.82, 2.24) is 0 Å². The Bertz CT molecular complexity index is 1080. The third kappa shape index (κ3) is 5.14. The van der Waals surface area contributed by atoms with Gasteiger partial charge in [-0.2, -0.15) is 0 Å². The Morgan fingerprint density at radius 1 is 0.765 bits per heavy atom. The van der Waals surface area contributed by atoms with Gasteiger partial charge in [0.1, 0.15) is 0 Å². The van der Waals surface area contributed by atoms with Gasteiger partial charge in [0, 0.05) is 0 Å². The number of halogens is 2. The molecular weight excluding hydrogens is 534 g/mol. The zero-order chi connectivity index (χ0) is 22.6. The van der Waals surface area contributed by atoms with Crippen LogP contribution in [0.1, 0.15) is 70.9 Å². The van der Waals surface area contributed by atoms with E-state index >= 15 is 0 Å². The van der Waals surface area contributed by atoms with Gasteiger partial charge in [-0.05, 0) is 0 Å². The zero-order valence-corrected chi connectivity index (χ0v) is 24.9. The van der Waals surface area contributed by atoms with Crippen LogP contribution in [-0.2, 0) is 22.8 Å². The number of hydrogen-bond acceptors (Lipinski definition) is 0. The predicted octanol–water partition coefficient (Wildman–Crippen LogP) is 9.26. The van der Waals surface area contributed by atoms with Gasteiger partial charge < -0.3 is 0 Å². The summed E-state index contributed by atoms with van der Waals surface area (Å²) < 4.78 is 3.45. The van der Waals surface area contributed by atoms with Crippen LogP contribution in [0.15, 0.2) is 104 Å². The van der Waals surface area contributed by atoms with E-state index in [1.807, 2.05) is 3.28 Å². The van der Waals surface area contributed by atoms with E-state index in [9.17, 15) is 0 Å². The van der Waals surface area contributed by atoms with Gasteiger partial charge in [-0.1, -0.05) is 0 Å². The Hall–Kier alpha value is -1.27. The molecule has 0 spiro atoms. The first-order valence-electron chi connectivity index (χ1n) is 12.3. The Labute approximate surface area is 230 Å².